The highest BCUT2D eigenvalue weighted by Crippen LogP contribution is 2.27. The van der Waals surface area contributed by atoms with Gasteiger partial charge in [-0.25, -0.2) is 8.78 Å². The molecule has 98 valence electrons. The summed E-state index contributed by atoms with van der Waals surface area (Å²) in [5, 5.41) is 9.69. The zero-order valence-corrected chi connectivity index (χ0v) is 10.0. The first kappa shape index (κ1) is 13.2. The first-order valence-corrected chi connectivity index (χ1v) is 5.78. The van der Waals surface area contributed by atoms with Crippen molar-refractivity contribution in [1.29, 1.82) is 0 Å². The van der Waals surface area contributed by atoms with E-state index in [2.05, 4.69) is 0 Å². The van der Waals surface area contributed by atoms with Gasteiger partial charge in [-0.15, -0.1) is 0 Å². The van der Waals surface area contributed by atoms with Gasteiger partial charge >= 0.3 is 0 Å². The third kappa shape index (κ3) is 3.16. The number of rotatable bonds is 4. The zero-order valence-electron chi connectivity index (χ0n) is 10.0. The van der Waals surface area contributed by atoms with Gasteiger partial charge in [-0.2, -0.15) is 0 Å². The standard InChI is InChI=1S/C15H12F2O2/c16-12-6-10(7-13(17)8-12)5-11(9-18)14-3-1-2-4-15(14)19/h1-4,6-9,11,19H,5H2. The van der Waals surface area contributed by atoms with Crippen LogP contribution in [0.25, 0.3) is 0 Å². The summed E-state index contributed by atoms with van der Waals surface area (Å²) in [7, 11) is 0. The minimum absolute atomic E-state index is 0.00326. The minimum atomic E-state index is -0.683. The molecule has 0 spiro atoms. The van der Waals surface area contributed by atoms with Crippen LogP contribution >= 0.6 is 0 Å². The lowest BCUT2D eigenvalue weighted by Crippen LogP contribution is -2.05. The lowest BCUT2D eigenvalue weighted by molar-refractivity contribution is -0.109. The van der Waals surface area contributed by atoms with E-state index in [1.54, 1.807) is 18.2 Å². The van der Waals surface area contributed by atoms with Crippen molar-refractivity contribution in [2.45, 2.75) is 12.3 Å². The molecule has 0 saturated carbocycles. The van der Waals surface area contributed by atoms with Crippen molar-refractivity contribution in [3.05, 3.63) is 65.2 Å². The van der Waals surface area contributed by atoms with Crippen molar-refractivity contribution in [3.63, 3.8) is 0 Å². The van der Waals surface area contributed by atoms with Gasteiger partial charge < -0.3 is 9.90 Å². The molecule has 0 heterocycles. The Morgan fingerprint density at radius 1 is 1.11 bits per heavy atom. The lowest BCUT2D eigenvalue weighted by atomic mass is 9.92. The zero-order chi connectivity index (χ0) is 13.8. The summed E-state index contributed by atoms with van der Waals surface area (Å²) in [5.74, 6) is -2.01. The Hall–Kier alpha value is -2.23. The quantitative estimate of drug-likeness (QED) is 0.859. The number of para-hydroxylation sites is 1. The van der Waals surface area contributed by atoms with Crippen LogP contribution in [0.3, 0.4) is 0 Å². The van der Waals surface area contributed by atoms with Gasteiger partial charge in [0, 0.05) is 17.5 Å². The van der Waals surface area contributed by atoms with E-state index in [0.717, 1.165) is 6.07 Å². The smallest absolute Gasteiger partial charge is 0.127 e. The van der Waals surface area contributed by atoms with Crippen LogP contribution in [-0.4, -0.2) is 11.4 Å². The largest absolute Gasteiger partial charge is 0.508 e. The Morgan fingerprint density at radius 3 is 2.32 bits per heavy atom. The van der Waals surface area contributed by atoms with Crippen LogP contribution in [0.1, 0.15) is 17.0 Å². The van der Waals surface area contributed by atoms with Crippen LogP contribution in [0.5, 0.6) is 5.75 Å². The van der Waals surface area contributed by atoms with Crippen molar-refractivity contribution in [3.8, 4) is 5.75 Å². The Kier molecular flexibility index (Phi) is 3.90. The molecule has 0 aliphatic heterocycles. The average Bonchev–Trinajstić information content (AvgIpc) is 2.36. The minimum Gasteiger partial charge on any atom is -0.508 e. The van der Waals surface area contributed by atoms with Gasteiger partial charge in [0.15, 0.2) is 0 Å². The number of halogens is 2. The van der Waals surface area contributed by atoms with Crippen LogP contribution < -0.4 is 0 Å². The van der Waals surface area contributed by atoms with E-state index in [-0.39, 0.29) is 12.2 Å². The number of hydrogen-bond acceptors (Lipinski definition) is 2. The van der Waals surface area contributed by atoms with E-state index in [0.29, 0.717) is 17.4 Å². The Labute approximate surface area is 109 Å². The molecular weight excluding hydrogens is 250 g/mol. The Morgan fingerprint density at radius 2 is 1.74 bits per heavy atom. The van der Waals surface area contributed by atoms with E-state index in [9.17, 15) is 18.7 Å². The number of carbonyl (C=O) groups excluding carboxylic acids is 1. The second-order valence-electron chi connectivity index (χ2n) is 4.28. The topological polar surface area (TPSA) is 37.3 Å². The molecule has 1 atom stereocenters. The fourth-order valence-corrected chi connectivity index (χ4v) is 2.02. The van der Waals surface area contributed by atoms with Crippen molar-refractivity contribution >= 4 is 6.29 Å². The van der Waals surface area contributed by atoms with Gasteiger partial charge in [0.25, 0.3) is 0 Å². The van der Waals surface area contributed by atoms with Crippen LogP contribution in [0.15, 0.2) is 42.5 Å². The van der Waals surface area contributed by atoms with Crippen molar-refractivity contribution in [2.24, 2.45) is 0 Å². The van der Waals surface area contributed by atoms with Gasteiger partial charge in [0.2, 0.25) is 0 Å². The van der Waals surface area contributed by atoms with Crippen LogP contribution in [0, 0.1) is 11.6 Å². The maximum absolute atomic E-state index is 13.1. The summed E-state index contributed by atoms with van der Waals surface area (Å²) in [4.78, 5) is 11.1. The first-order chi connectivity index (χ1) is 9.10. The molecule has 1 N–H and O–H groups in total. The van der Waals surface area contributed by atoms with E-state index >= 15 is 0 Å². The molecule has 0 saturated heterocycles. The summed E-state index contributed by atoms with van der Waals surface area (Å²) >= 11 is 0. The lowest BCUT2D eigenvalue weighted by Gasteiger charge is -2.12. The summed E-state index contributed by atoms with van der Waals surface area (Å²) in [6, 6.07) is 9.56. The van der Waals surface area contributed by atoms with E-state index in [1.165, 1.54) is 18.2 Å². The summed E-state index contributed by atoms with van der Waals surface area (Å²) < 4.78 is 26.2. The van der Waals surface area contributed by atoms with Gasteiger partial charge in [0.1, 0.15) is 23.7 Å². The monoisotopic (exact) mass is 262 g/mol. The molecule has 0 fully saturated rings. The van der Waals surface area contributed by atoms with Gasteiger partial charge in [-0.3, -0.25) is 0 Å². The molecule has 0 aliphatic rings. The highest BCUT2D eigenvalue weighted by atomic mass is 19.1. The van der Waals surface area contributed by atoms with Crippen LogP contribution in [0.4, 0.5) is 8.78 Å². The van der Waals surface area contributed by atoms with Gasteiger partial charge in [-0.05, 0) is 30.2 Å². The summed E-state index contributed by atoms with van der Waals surface area (Å²) in [6.07, 6.45) is 0.799. The average molecular weight is 262 g/mol. The highest BCUT2D eigenvalue weighted by Gasteiger charge is 2.15. The third-order valence-electron chi connectivity index (χ3n) is 2.88. The molecule has 0 radical (unpaired) electrons. The fraction of sp³-hybridized carbons (Fsp3) is 0.133. The van der Waals surface area contributed by atoms with Gasteiger partial charge in [0.05, 0.1) is 0 Å². The molecule has 0 aromatic heterocycles. The predicted octanol–water partition coefficient (Wildman–Crippen LogP) is 3.20. The van der Waals surface area contributed by atoms with Gasteiger partial charge in [-0.1, -0.05) is 18.2 Å². The molecular formula is C15H12F2O2. The van der Waals surface area contributed by atoms with Crippen molar-refractivity contribution < 1.29 is 18.7 Å². The normalized spacial score (nSPS) is 12.1. The molecule has 2 aromatic carbocycles. The van der Waals surface area contributed by atoms with Crippen LogP contribution in [-0.2, 0) is 11.2 Å². The molecule has 0 amide bonds. The second kappa shape index (κ2) is 5.61. The number of phenolic OH excluding ortho intramolecular Hbond substituents is 1. The number of phenols is 1. The predicted molar refractivity (Wildman–Crippen MR) is 67.0 cm³/mol. The Balaban J connectivity index is 2.29. The fourth-order valence-electron chi connectivity index (χ4n) is 2.02. The highest BCUT2D eigenvalue weighted by molar-refractivity contribution is 5.65. The SMILES string of the molecule is O=CC(Cc1cc(F)cc(F)c1)c1ccccc1O. The Bertz CT molecular complexity index is 576. The number of benzene rings is 2. The molecule has 0 aliphatic carbocycles. The second-order valence-corrected chi connectivity index (χ2v) is 4.28. The molecule has 0 bridgehead atoms. The number of carbonyl (C=O) groups is 1. The summed E-state index contributed by atoms with van der Waals surface area (Å²) in [5.41, 5.74) is 0.819. The maximum atomic E-state index is 13.1. The van der Waals surface area contributed by atoms with E-state index < -0.39 is 17.6 Å². The van der Waals surface area contributed by atoms with E-state index in [4.69, 9.17) is 0 Å². The van der Waals surface area contributed by atoms with E-state index in [1.807, 2.05) is 0 Å². The molecule has 2 nitrogen and oxygen atoms in total. The molecule has 4 heteroatoms. The van der Waals surface area contributed by atoms with Crippen molar-refractivity contribution in [2.75, 3.05) is 0 Å². The molecule has 2 rings (SSSR count). The van der Waals surface area contributed by atoms with Crippen molar-refractivity contribution in [1.82, 2.24) is 0 Å². The summed E-state index contributed by atoms with van der Waals surface area (Å²) in [6.45, 7) is 0. The molecule has 19 heavy (non-hydrogen) atoms. The number of aldehydes is 1. The van der Waals surface area contributed by atoms with Crippen LogP contribution in [0.2, 0.25) is 0 Å². The molecule has 1 unspecified atom stereocenters. The third-order valence-corrected chi connectivity index (χ3v) is 2.88. The number of aromatic hydroxyl groups is 1. The first-order valence-electron chi connectivity index (χ1n) is 5.78. The number of hydrogen-bond donors (Lipinski definition) is 1. The molecule has 2 aromatic rings. The maximum Gasteiger partial charge on any atom is 0.127 e.